The second-order valence-corrected chi connectivity index (χ2v) is 3.63. The first-order valence-electron chi connectivity index (χ1n) is 4.56. The quantitative estimate of drug-likeness (QED) is 0.869. The SMILES string of the molecule is Cl.Cl.Cn1cc(C2CNCC2CF)cn1. The largest absolute Gasteiger partial charge is 0.316 e. The lowest BCUT2D eigenvalue weighted by molar-refractivity contribution is 0.358. The van der Waals surface area contributed by atoms with Gasteiger partial charge in [-0.2, -0.15) is 5.10 Å². The van der Waals surface area contributed by atoms with Crippen LogP contribution in [0, 0.1) is 5.92 Å². The highest BCUT2D eigenvalue weighted by Crippen LogP contribution is 2.27. The molecule has 1 aliphatic rings. The summed E-state index contributed by atoms with van der Waals surface area (Å²) < 4.78 is 14.3. The maximum absolute atomic E-state index is 12.6. The van der Waals surface area contributed by atoms with Crippen molar-refractivity contribution in [2.45, 2.75) is 5.92 Å². The third kappa shape index (κ3) is 3.06. The van der Waals surface area contributed by atoms with Crippen LogP contribution in [-0.4, -0.2) is 29.5 Å². The zero-order chi connectivity index (χ0) is 9.26. The molecule has 1 N–H and O–H groups in total. The number of halogens is 3. The number of nitrogens with one attached hydrogen (secondary N) is 1. The molecule has 6 heteroatoms. The topological polar surface area (TPSA) is 29.9 Å². The van der Waals surface area contributed by atoms with Crippen LogP contribution in [0.1, 0.15) is 11.5 Å². The van der Waals surface area contributed by atoms with Gasteiger partial charge < -0.3 is 5.32 Å². The highest BCUT2D eigenvalue weighted by Gasteiger charge is 2.28. The maximum Gasteiger partial charge on any atom is 0.0941 e. The van der Waals surface area contributed by atoms with Crippen molar-refractivity contribution >= 4 is 24.8 Å². The van der Waals surface area contributed by atoms with Gasteiger partial charge in [0.25, 0.3) is 0 Å². The fourth-order valence-corrected chi connectivity index (χ4v) is 1.92. The normalized spacial score (nSPS) is 24.4. The summed E-state index contributed by atoms with van der Waals surface area (Å²) in [5.41, 5.74) is 1.15. The van der Waals surface area contributed by atoms with Crippen LogP contribution in [0.25, 0.3) is 0 Å². The van der Waals surface area contributed by atoms with Crippen molar-refractivity contribution in [2.24, 2.45) is 13.0 Å². The van der Waals surface area contributed by atoms with E-state index < -0.39 is 0 Å². The average molecular weight is 256 g/mol. The molecule has 1 fully saturated rings. The van der Waals surface area contributed by atoms with Crippen molar-refractivity contribution in [3.63, 3.8) is 0 Å². The Bertz CT molecular complexity index is 293. The van der Waals surface area contributed by atoms with Crippen molar-refractivity contribution in [1.29, 1.82) is 0 Å². The van der Waals surface area contributed by atoms with Crippen LogP contribution in [-0.2, 0) is 7.05 Å². The number of aromatic nitrogens is 2. The van der Waals surface area contributed by atoms with E-state index in [0.29, 0.717) is 5.92 Å². The molecule has 0 bridgehead atoms. The van der Waals surface area contributed by atoms with E-state index in [1.54, 1.807) is 4.68 Å². The van der Waals surface area contributed by atoms with E-state index in [-0.39, 0.29) is 37.4 Å². The van der Waals surface area contributed by atoms with Gasteiger partial charge in [-0.05, 0) is 5.56 Å². The van der Waals surface area contributed by atoms with Gasteiger partial charge >= 0.3 is 0 Å². The predicted octanol–water partition coefficient (Wildman–Crippen LogP) is 1.54. The Hall–Kier alpha value is -0.320. The zero-order valence-corrected chi connectivity index (χ0v) is 10.2. The summed E-state index contributed by atoms with van der Waals surface area (Å²) in [6, 6.07) is 0. The summed E-state index contributed by atoms with van der Waals surface area (Å²) in [5.74, 6) is 0.433. The van der Waals surface area contributed by atoms with Gasteiger partial charge in [-0.15, -0.1) is 24.8 Å². The maximum atomic E-state index is 12.6. The Balaban J connectivity index is 0.000000980. The molecular weight excluding hydrogens is 240 g/mol. The summed E-state index contributed by atoms with van der Waals surface area (Å²) in [4.78, 5) is 0. The van der Waals surface area contributed by atoms with Crippen LogP contribution in [0.15, 0.2) is 12.4 Å². The van der Waals surface area contributed by atoms with E-state index in [2.05, 4.69) is 10.4 Å². The van der Waals surface area contributed by atoms with Crippen molar-refractivity contribution in [3.8, 4) is 0 Å². The van der Waals surface area contributed by atoms with Crippen molar-refractivity contribution in [3.05, 3.63) is 18.0 Å². The summed E-state index contributed by atoms with van der Waals surface area (Å²) >= 11 is 0. The Kier molecular flexibility index (Phi) is 6.17. The van der Waals surface area contributed by atoms with Gasteiger partial charge in [0.15, 0.2) is 0 Å². The molecule has 88 valence electrons. The second kappa shape index (κ2) is 6.30. The fraction of sp³-hybridized carbons (Fsp3) is 0.667. The Morgan fingerprint density at radius 2 is 2.27 bits per heavy atom. The van der Waals surface area contributed by atoms with Crippen molar-refractivity contribution in [1.82, 2.24) is 15.1 Å². The molecule has 1 saturated heterocycles. The van der Waals surface area contributed by atoms with E-state index in [1.807, 2.05) is 19.4 Å². The fourth-order valence-electron chi connectivity index (χ4n) is 1.92. The van der Waals surface area contributed by atoms with Gasteiger partial charge in [0, 0.05) is 38.2 Å². The van der Waals surface area contributed by atoms with Gasteiger partial charge in [-0.25, -0.2) is 0 Å². The summed E-state index contributed by atoms with van der Waals surface area (Å²) in [6.07, 6.45) is 3.81. The zero-order valence-electron chi connectivity index (χ0n) is 8.52. The smallest absolute Gasteiger partial charge is 0.0941 e. The molecule has 3 nitrogen and oxygen atoms in total. The monoisotopic (exact) mass is 255 g/mol. The molecule has 0 saturated carbocycles. The number of nitrogens with zero attached hydrogens (tertiary/aromatic N) is 2. The molecule has 1 aromatic heterocycles. The van der Waals surface area contributed by atoms with E-state index in [1.165, 1.54) is 0 Å². The third-order valence-corrected chi connectivity index (χ3v) is 2.69. The van der Waals surface area contributed by atoms with Gasteiger partial charge in [0.05, 0.1) is 12.9 Å². The molecule has 0 aliphatic carbocycles. The molecule has 2 unspecified atom stereocenters. The van der Waals surface area contributed by atoms with Crippen LogP contribution < -0.4 is 5.32 Å². The number of aryl methyl sites for hydroxylation is 1. The lowest BCUT2D eigenvalue weighted by Gasteiger charge is -2.12. The molecule has 0 aromatic carbocycles. The molecule has 1 aromatic rings. The first kappa shape index (κ1) is 14.7. The van der Waals surface area contributed by atoms with Crippen molar-refractivity contribution in [2.75, 3.05) is 19.8 Å². The van der Waals surface area contributed by atoms with E-state index in [4.69, 9.17) is 0 Å². The first-order valence-corrected chi connectivity index (χ1v) is 4.56. The predicted molar refractivity (Wildman–Crippen MR) is 62.8 cm³/mol. The van der Waals surface area contributed by atoms with Crippen LogP contribution >= 0.6 is 24.8 Å². The average Bonchev–Trinajstić information content (AvgIpc) is 2.71. The number of alkyl halides is 1. The highest BCUT2D eigenvalue weighted by molar-refractivity contribution is 5.85. The first-order chi connectivity index (χ1) is 6.31. The van der Waals surface area contributed by atoms with Crippen LogP contribution in [0.3, 0.4) is 0 Å². The van der Waals surface area contributed by atoms with Gasteiger partial charge in [0.2, 0.25) is 0 Å². The van der Waals surface area contributed by atoms with Crippen LogP contribution in [0.2, 0.25) is 0 Å². The molecule has 0 spiro atoms. The van der Waals surface area contributed by atoms with E-state index in [0.717, 1.165) is 18.7 Å². The minimum Gasteiger partial charge on any atom is -0.316 e. The molecule has 1 aliphatic heterocycles. The third-order valence-electron chi connectivity index (χ3n) is 2.69. The van der Waals surface area contributed by atoms with Gasteiger partial charge in [-0.3, -0.25) is 9.07 Å². The Labute approximate surface area is 101 Å². The summed E-state index contributed by atoms with van der Waals surface area (Å²) in [6.45, 7) is 1.42. The summed E-state index contributed by atoms with van der Waals surface area (Å²) in [7, 11) is 1.89. The molecule has 2 rings (SSSR count). The molecular formula is C9H16Cl2FN3. The lowest BCUT2D eigenvalue weighted by atomic mass is 9.92. The minimum absolute atomic E-state index is 0. The Morgan fingerprint density at radius 3 is 2.80 bits per heavy atom. The minimum atomic E-state index is -0.243. The molecule has 2 heterocycles. The standard InChI is InChI=1S/C9H14FN3.2ClH/c1-13-6-8(4-12-13)9-5-11-3-7(9)2-10;;/h4,6-7,9,11H,2-3,5H2,1H3;2*1H. The number of hydrogen-bond donors (Lipinski definition) is 1. The van der Waals surface area contributed by atoms with Gasteiger partial charge in [0.1, 0.15) is 0 Å². The summed E-state index contributed by atoms with van der Waals surface area (Å²) in [5, 5.41) is 7.30. The van der Waals surface area contributed by atoms with Gasteiger partial charge in [-0.1, -0.05) is 0 Å². The van der Waals surface area contributed by atoms with Crippen molar-refractivity contribution < 1.29 is 4.39 Å². The van der Waals surface area contributed by atoms with E-state index in [9.17, 15) is 4.39 Å². The molecule has 15 heavy (non-hydrogen) atoms. The molecule has 0 amide bonds. The highest BCUT2D eigenvalue weighted by atomic mass is 35.5. The van der Waals surface area contributed by atoms with Crippen LogP contribution in [0.4, 0.5) is 4.39 Å². The Morgan fingerprint density at radius 1 is 1.53 bits per heavy atom. The number of hydrogen-bond acceptors (Lipinski definition) is 2. The second-order valence-electron chi connectivity index (χ2n) is 3.63. The van der Waals surface area contributed by atoms with Crippen LogP contribution in [0.5, 0.6) is 0 Å². The molecule has 0 radical (unpaired) electrons. The lowest BCUT2D eigenvalue weighted by Crippen LogP contribution is -2.12. The van der Waals surface area contributed by atoms with E-state index >= 15 is 0 Å². The molecule has 2 atom stereocenters. The number of rotatable bonds is 2.